The standard InChI is InChI=1S/C18H28ClNO/c1-5-21-18-9-7-14(19)11-17(18)20-16-10-13(4)6-8-15(16)12(2)3/h7,9,11-13,15-16,20H,5-6,8,10H2,1-4H3. The highest BCUT2D eigenvalue weighted by atomic mass is 35.5. The fraction of sp³-hybridized carbons (Fsp3) is 0.667. The molecule has 0 aromatic heterocycles. The Kier molecular flexibility index (Phi) is 5.80. The lowest BCUT2D eigenvalue weighted by molar-refractivity contribution is 0.211. The second-order valence-electron chi connectivity index (χ2n) is 6.65. The Morgan fingerprint density at radius 1 is 1.33 bits per heavy atom. The molecule has 0 saturated heterocycles. The van der Waals surface area contributed by atoms with Crippen LogP contribution < -0.4 is 10.1 Å². The van der Waals surface area contributed by atoms with Gasteiger partial charge in [0.05, 0.1) is 12.3 Å². The third-order valence-electron chi connectivity index (χ3n) is 4.60. The highest BCUT2D eigenvalue weighted by molar-refractivity contribution is 6.30. The number of halogens is 1. The minimum absolute atomic E-state index is 0.506. The summed E-state index contributed by atoms with van der Waals surface area (Å²) < 4.78 is 5.73. The summed E-state index contributed by atoms with van der Waals surface area (Å²) in [5.41, 5.74) is 1.04. The molecule has 0 radical (unpaired) electrons. The Bertz CT molecular complexity index is 461. The largest absolute Gasteiger partial charge is 0.492 e. The Hall–Kier alpha value is -0.890. The first-order valence-electron chi connectivity index (χ1n) is 8.20. The van der Waals surface area contributed by atoms with E-state index in [0.29, 0.717) is 18.6 Å². The molecule has 0 spiro atoms. The molecule has 1 aliphatic rings. The summed E-state index contributed by atoms with van der Waals surface area (Å²) in [5.74, 6) is 3.11. The minimum atomic E-state index is 0.506. The van der Waals surface area contributed by atoms with Crippen molar-refractivity contribution >= 4 is 17.3 Å². The Balaban J connectivity index is 2.19. The van der Waals surface area contributed by atoms with E-state index < -0.39 is 0 Å². The van der Waals surface area contributed by atoms with Crippen molar-refractivity contribution in [2.45, 2.75) is 53.0 Å². The maximum Gasteiger partial charge on any atom is 0.142 e. The number of benzene rings is 1. The first-order valence-corrected chi connectivity index (χ1v) is 8.58. The van der Waals surface area contributed by atoms with Gasteiger partial charge in [0.25, 0.3) is 0 Å². The van der Waals surface area contributed by atoms with E-state index in [4.69, 9.17) is 16.3 Å². The van der Waals surface area contributed by atoms with Crippen molar-refractivity contribution < 1.29 is 4.74 Å². The van der Waals surface area contributed by atoms with Gasteiger partial charge in [-0.25, -0.2) is 0 Å². The van der Waals surface area contributed by atoms with Crippen LogP contribution in [0, 0.1) is 17.8 Å². The number of anilines is 1. The van der Waals surface area contributed by atoms with Crippen molar-refractivity contribution in [2.24, 2.45) is 17.8 Å². The van der Waals surface area contributed by atoms with E-state index >= 15 is 0 Å². The molecule has 1 aromatic rings. The van der Waals surface area contributed by atoms with Crippen molar-refractivity contribution in [3.8, 4) is 5.75 Å². The second-order valence-corrected chi connectivity index (χ2v) is 7.09. The third-order valence-corrected chi connectivity index (χ3v) is 4.84. The van der Waals surface area contributed by atoms with E-state index in [2.05, 4.69) is 26.1 Å². The van der Waals surface area contributed by atoms with Crippen molar-refractivity contribution in [3.63, 3.8) is 0 Å². The summed E-state index contributed by atoms with van der Waals surface area (Å²) in [6.45, 7) is 9.70. The number of rotatable bonds is 5. The van der Waals surface area contributed by atoms with Crippen LogP contribution in [-0.2, 0) is 0 Å². The van der Waals surface area contributed by atoms with Gasteiger partial charge in [-0.2, -0.15) is 0 Å². The van der Waals surface area contributed by atoms with Crippen LogP contribution in [0.1, 0.15) is 47.0 Å². The van der Waals surface area contributed by atoms with Gasteiger partial charge < -0.3 is 10.1 Å². The molecular formula is C18H28ClNO. The first kappa shape index (κ1) is 16.5. The topological polar surface area (TPSA) is 21.3 Å². The molecule has 0 amide bonds. The molecule has 2 nitrogen and oxygen atoms in total. The molecule has 1 N–H and O–H groups in total. The molecule has 3 heteroatoms. The zero-order valence-corrected chi connectivity index (χ0v) is 14.4. The van der Waals surface area contributed by atoms with Gasteiger partial charge in [0.15, 0.2) is 0 Å². The Morgan fingerprint density at radius 3 is 2.76 bits per heavy atom. The zero-order valence-electron chi connectivity index (χ0n) is 13.7. The summed E-state index contributed by atoms with van der Waals surface area (Å²) in [4.78, 5) is 0. The molecule has 1 saturated carbocycles. The lowest BCUT2D eigenvalue weighted by atomic mass is 9.74. The fourth-order valence-corrected chi connectivity index (χ4v) is 3.64. The van der Waals surface area contributed by atoms with Crippen LogP contribution in [-0.4, -0.2) is 12.6 Å². The summed E-state index contributed by atoms with van der Waals surface area (Å²) in [5, 5.41) is 4.48. The van der Waals surface area contributed by atoms with Crippen LogP contribution in [0.3, 0.4) is 0 Å². The molecule has 0 aliphatic heterocycles. The lowest BCUT2D eigenvalue weighted by Crippen LogP contribution is -2.37. The molecule has 2 rings (SSSR count). The van der Waals surface area contributed by atoms with Gasteiger partial charge in [-0.05, 0) is 55.7 Å². The van der Waals surface area contributed by atoms with Crippen molar-refractivity contribution in [3.05, 3.63) is 23.2 Å². The van der Waals surface area contributed by atoms with Gasteiger partial charge in [0.2, 0.25) is 0 Å². The molecule has 21 heavy (non-hydrogen) atoms. The van der Waals surface area contributed by atoms with E-state index in [1.807, 2.05) is 25.1 Å². The highest BCUT2D eigenvalue weighted by Crippen LogP contribution is 2.37. The number of nitrogens with one attached hydrogen (secondary N) is 1. The molecular weight excluding hydrogens is 282 g/mol. The molecule has 1 fully saturated rings. The number of hydrogen-bond acceptors (Lipinski definition) is 2. The summed E-state index contributed by atoms with van der Waals surface area (Å²) in [7, 11) is 0. The summed E-state index contributed by atoms with van der Waals surface area (Å²) >= 11 is 6.17. The highest BCUT2D eigenvalue weighted by Gasteiger charge is 2.31. The predicted molar refractivity (Wildman–Crippen MR) is 91.4 cm³/mol. The van der Waals surface area contributed by atoms with Gasteiger partial charge in [-0.3, -0.25) is 0 Å². The van der Waals surface area contributed by atoms with Gasteiger partial charge in [0.1, 0.15) is 5.75 Å². The van der Waals surface area contributed by atoms with Crippen LogP contribution in [0.2, 0.25) is 5.02 Å². The molecule has 3 atom stereocenters. The van der Waals surface area contributed by atoms with Crippen LogP contribution in [0.25, 0.3) is 0 Å². The minimum Gasteiger partial charge on any atom is -0.492 e. The van der Waals surface area contributed by atoms with Crippen LogP contribution in [0.15, 0.2) is 18.2 Å². The van der Waals surface area contributed by atoms with E-state index in [1.165, 1.54) is 19.3 Å². The molecule has 3 unspecified atom stereocenters. The molecule has 0 bridgehead atoms. The lowest BCUT2D eigenvalue weighted by Gasteiger charge is -2.38. The van der Waals surface area contributed by atoms with E-state index in [0.717, 1.165) is 28.3 Å². The van der Waals surface area contributed by atoms with Gasteiger partial charge in [-0.1, -0.05) is 38.8 Å². The molecule has 0 heterocycles. The summed E-state index contributed by atoms with van der Waals surface area (Å²) in [6.07, 6.45) is 3.87. The maximum absolute atomic E-state index is 6.17. The van der Waals surface area contributed by atoms with Crippen LogP contribution >= 0.6 is 11.6 Å². The summed E-state index contributed by atoms with van der Waals surface area (Å²) in [6, 6.07) is 6.35. The van der Waals surface area contributed by atoms with Gasteiger partial charge in [0, 0.05) is 11.1 Å². The molecule has 118 valence electrons. The monoisotopic (exact) mass is 309 g/mol. The number of hydrogen-bond donors (Lipinski definition) is 1. The van der Waals surface area contributed by atoms with E-state index in [-0.39, 0.29) is 0 Å². The zero-order chi connectivity index (χ0) is 15.4. The van der Waals surface area contributed by atoms with Gasteiger partial charge in [-0.15, -0.1) is 0 Å². The number of ether oxygens (including phenoxy) is 1. The SMILES string of the molecule is CCOc1ccc(Cl)cc1NC1CC(C)CCC1C(C)C. The van der Waals surface area contributed by atoms with E-state index in [9.17, 15) is 0 Å². The average molecular weight is 310 g/mol. The normalized spacial score (nSPS) is 25.9. The smallest absolute Gasteiger partial charge is 0.142 e. The Labute approximate surface area is 134 Å². The van der Waals surface area contributed by atoms with Crippen molar-refractivity contribution in [1.82, 2.24) is 0 Å². The molecule has 1 aromatic carbocycles. The molecule has 1 aliphatic carbocycles. The maximum atomic E-state index is 6.17. The van der Waals surface area contributed by atoms with Crippen LogP contribution in [0.4, 0.5) is 5.69 Å². The third kappa shape index (κ3) is 4.29. The fourth-order valence-electron chi connectivity index (χ4n) is 3.46. The van der Waals surface area contributed by atoms with Crippen molar-refractivity contribution in [1.29, 1.82) is 0 Å². The van der Waals surface area contributed by atoms with E-state index in [1.54, 1.807) is 0 Å². The first-order chi connectivity index (χ1) is 10.0. The van der Waals surface area contributed by atoms with Crippen LogP contribution in [0.5, 0.6) is 5.75 Å². The van der Waals surface area contributed by atoms with Crippen molar-refractivity contribution in [2.75, 3.05) is 11.9 Å². The second kappa shape index (κ2) is 7.40. The quantitative estimate of drug-likeness (QED) is 0.763. The Morgan fingerprint density at radius 2 is 2.10 bits per heavy atom. The average Bonchev–Trinajstić information content (AvgIpc) is 2.42. The predicted octanol–water partition coefficient (Wildman–Crippen LogP) is 5.61. The van der Waals surface area contributed by atoms with Gasteiger partial charge >= 0.3 is 0 Å².